The molecule has 0 radical (unpaired) electrons. The van der Waals surface area contributed by atoms with E-state index in [1.165, 1.54) is 4.90 Å². The van der Waals surface area contributed by atoms with Crippen molar-refractivity contribution in [2.75, 3.05) is 26.0 Å². The number of anilines is 1. The van der Waals surface area contributed by atoms with Crippen LogP contribution in [0.4, 0.5) is 5.69 Å². The highest BCUT2D eigenvalue weighted by atomic mass is 16.2. The molecule has 0 saturated heterocycles. The molecule has 0 aromatic heterocycles. The fourth-order valence-electron chi connectivity index (χ4n) is 3.61. The molecule has 27 heavy (non-hydrogen) atoms. The number of nitrogens with zero attached hydrogens (tertiary/aromatic N) is 1. The lowest BCUT2D eigenvalue weighted by Gasteiger charge is -2.30. The van der Waals surface area contributed by atoms with Crippen LogP contribution in [0.5, 0.6) is 0 Å². The molecule has 0 unspecified atom stereocenters. The molecule has 1 saturated carbocycles. The molecule has 0 spiro atoms. The molecular weight excluding hydrogens is 342 g/mol. The van der Waals surface area contributed by atoms with Gasteiger partial charge in [-0.15, -0.1) is 0 Å². The Labute approximate surface area is 161 Å². The van der Waals surface area contributed by atoms with Crippen LogP contribution in [0.1, 0.15) is 54.9 Å². The van der Waals surface area contributed by atoms with E-state index in [4.69, 9.17) is 0 Å². The van der Waals surface area contributed by atoms with Crippen molar-refractivity contribution in [1.29, 1.82) is 0 Å². The molecule has 2 atom stereocenters. The van der Waals surface area contributed by atoms with Gasteiger partial charge in [-0.1, -0.05) is 25.8 Å². The van der Waals surface area contributed by atoms with Crippen molar-refractivity contribution in [3.8, 4) is 0 Å². The largest absolute Gasteiger partial charge is 0.356 e. The molecule has 1 aromatic rings. The van der Waals surface area contributed by atoms with Gasteiger partial charge in [0.1, 0.15) is 0 Å². The molecule has 3 amide bonds. The Bertz CT molecular complexity index is 700. The molecule has 2 N–H and O–H groups in total. The second-order valence-electron chi connectivity index (χ2n) is 7.46. The fourth-order valence-corrected chi connectivity index (χ4v) is 3.61. The first-order valence-corrected chi connectivity index (χ1v) is 9.76. The summed E-state index contributed by atoms with van der Waals surface area (Å²) in [5, 5.41) is 5.89. The standard InChI is InChI=1S/C21H31N3O3/c1-5-13-22-19(25)16-9-6-7-10-17(16)20(26)23-18-12-8-11-15(14(18)2)21(27)24(3)4/h8,11-12,16-17H,5-7,9-10,13H2,1-4H3,(H,22,25)(H,23,26)/t16-,17+/m1/s1. The summed E-state index contributed by atoms with van der Waals surface area (Å²) in [5.41, 5.74) is 1.94. The number of benzene rings is 1. The fraction of sp³-hybridized carbons (Fsp3) is 0.571. The van der Waals surface area contributed by atoms with E-state index in [9.17, 15) is 14.4 Å². The molecule has 6 heteroatoms. The van der Waals surface area contributed by atoms with Gasteiger partial charge < -0.3 is 15.5 Å². The van der Waals surface area contributed by atoms with E-state index in [2.05, 4.69) is 10.6 Å². The molecule has 0 bridgehead atoms. The molecule has 1 aromatic carbocycles. The molecule has 1 aliphatic carbocycles. The van der Waals surface area contributed by atoms with E-state index in [0.717, 1.165) is 31.2 Å². The third-order valence-electron chi connectivity index (χ3n) is 5.22. The number of hydrogen-bond acceptors (Lipinski definition) is 3. The average molecular weight is 373 g/mol. The van der Waals surface area contributed by atoms with Crippen LogP contribution in [0.2, 0.25) is 0 Å². The van der Waals surface area contributed by atoms with Crippen LogP contribution in [0.25, 0.3) is 0 Å². The summed E-state index contributed by atoms with van der Waals surface area (Å²) in [4.78, 5) is 39.2. The second kappa shape index (κ2) is 9.53. The van der Waals surface area contributed by atoms with Crippen molar-refractivity contribution >= 4 is 23.4 Å². The van der Waals surface area contributed by atoms with Gasteiger partial charge in [-0.25, -0.2) is 0 Å². The summed E-state index contributed by atoms with van der Waals surface area (Å²) in [5.74, 6) is -0.868. The number of amides is 3. The molecular formula is C21H31N3O3. The van der Waals surface area contributed by atoms with Gasteiger partial charge in [0.05, 0.1) is 0 Å². The zero-order valence-corrected chi connectivity index (χ0v) is 16.8. The summed E-state index contributed by atoms with van der Waals surface area (Å²) in [6.07, 6.45) is 4.26. The van der Waals surface area contributed by atoms with E-state index >= 15 is 0 Å². The predicted molar refractivity (Wildman–Crippen MR) is 107 cm³/mol. The van der Waals surface area contributed by atoms with Gasteiger partial charge in [0, 0.05) is 43.7 Å². The van der Waals surface area contributed by atoms with Crippen molar-refractivity contribution in [3.05, 3.63) is 29.3 Å². The second-order valence-corrected chi connectivity index (χ2v) is 7.46. The number of hydrogen-bond donors (Lipinski definition) is 2. The molecule has 148 valence electrons. The molecule has 1 aliphatic rings. The minimum Gasteiger partial charge on any atom is -0.356 e. The van der Waals surface area contributed by atoms with E-state index in [1.807, 2.05) is 13.8 Å². The van der Waals surface area contributed by atoms with Crippen molar-refractivity contribution < 1.29 is 14.4 Å². The van der Waals surface area contributed by atoms with Crippen LogP contribution >= 0.6 is 0 Å². The summed E-state index contributed by atoms with van der Waals surface area (Å²) in [6.45, 7) is 4.48. The van der Waals surface area contributed by atoms with Crippen LogP contribution in [0, 0.1) is 18.8 Å². The highest BCUT2D eigenvalue weighted by Crippen LogP contribution is 2.32. The van der Waals surface area contributed by atoms with Crippen LogP contribution in [-0.4, -0.2) is 43.3 Å². The van der Waals surface area contributed by atoms with Gasteiger partial charge >= 0.3 is 0 Å². The predicted octanol–water partition coefficient (Wildman–Crippen LogP) is 2.97. The third kappa shape index (κ3) is 5.08. The number of rotatable bonds is 6. The zero-order valence-electron chi connectivity index (χ0n) is 16.8. The lowest BCUT2D eigenvalue weighted by Crippen LogP contribution is -2.41. The maximum Gasteiger partial charge on any atom is 0.253 e. The minimum atomic E-state index is -0.330. The van der Waals surface area contributed by atoms with Gasteiger partial charge in [-0.3, -0.25) is 14.4 Å². The van der Waals surface area contributed by atoms with Gasteiger partial charge in [-0.2, -0.15) is 0 Å². The molecule has 2 rings (SSSR count). The zero-order chi connectivity index (χ0) is 20.0. The van der Waals surface area contributed by atoms with E-state index in [-0.39, 0.29) is 29.6 Å². The Kier molecular flexibility index (Phi) is 7.39. The number of nitrogens with one attached hydrogen (secondary N) is 2. The van der Waals surface area contributed by atoms with Crippen LogP contribution in [0.15, 0.2) is 18.2 Å². The Morgan fingerprint density at radius 3 is 2.30 bits per heavy atom. The highest BCUT2D eigenvalue weighted by molar-refractivity contribution is 6.00. The quantitative estimate of drug-likeness (QED) is 0.805. The van der Waals surface area contributed by atoms with Gasteiger partial charge in [0.25, 0.3) is 5.91 Å². The summed E-state index contributed by atoms with van der Waals surface area (Å²) in [7, 11) is 3.41. The first-order chi connectivity index (χ1) is 12.9. The maximum atomic E-state index is 12.9. The SMILES string of the molecule is CCCNC(=O)[C@@H]1CCCC[C@@H]1C(=O)Nc1cccc(C(=O)N(C)C)c1C. The first kappa shape index (κ1) is 20.9. The Balaban J connectivity index is 2.16. The minimum absolute atomic E-state index is 0.0232. The summed E-state index contributed by atoms with van der Waals surface area (Å²) >= 11 is 0. The molecule has 0 aliphatic heterocycles. The average Bonchev–Trinajstić information content (AvgIpc) is 2.67. The Morgan fingerprint density at radius 2 is 1.70 bits per heavy atom. The van der Waals surface area contributed by atoms with E-state index in [1.54, 1.807) is 32.3 Å². The normalized spacial score (nSPS) is 19.3. The van der Waals surface area contributed by atoms with Gasteiger partial charge in [0.15, 0.2) is 0 Å². The van der Waals surface area contributed by atoms with Crippen molar-refractivity contribution in [3.63, 3.8) is 0 Å². The summed E-state index contributed by atoms with van der Waals surface area (Å²) in [6, 6.07) is 5.33. The van der Waals surface area contributed by atoms with Crippen molar-refractivity contribution in [2.45, 2.75) is 46.0 Å². The number of carbonyl (C=O) groups is 3. The molecule has 1 fully saturated rings. The lowest BCUT2D eigenvalue weighted by atomic mass is 9.78. The topological polar surface area (TPSA) is 78.5 Å². The first-order valence-electron chi connectivity index (χ1n) is 9.76. The Morgan fingerprint density at radius 1 is 1.07 bits per heavy atom. The molecule has 0 heterocycles. The highest BCUT2D eigenvalue weighted by Gasteiger charge is 2.35. The van der Waals surface area contributed by atoms with Gasteiger partial charge in [-0.05, 0) is 43.9 Å². The van der Waals surface area contributed by atoms with Crippen LogP contribution < -0.4 is 10.6 Å². The van der Waals surface area contributed by atoms with Crippen molar-refractivity contribution in [2.24, 2.45) is 11.8 Å². The van der Waals surface area contributed by atoms with E-state index in [0.29, 0.717) is 24.2 Å². The smallest absolute Gasteiger partial charge is 0.253 e. The number of carbonyl (C=O) groups excluding carboxylic acids is 3. The Hall–Kier alpha value is -2.37. The van der Waals surface area contributed by atoms with Crippen LogP contribution in [0.3, 0.4) is 0 Å². The maximum absolute atomic E-state index is 12.9. The lowest BCUT2D eigenvalue weighted by molar-refractivity contribution is -0.134. The third-order valence-corrected chi connectivity index (χ3v) is 5.22. The van der Waals surface area contributed by atoms with Gasteiger partial charge in [0.2, 0.25) is 11.8 Å². The van der Waals surface area contributed by atoms with E-state index < -0.39 is 0 Å². The monoisotopic (exact) mass is 373 g/mol. The molecule has 6 nitrogen and oxygen atoms in total. The summed E-state index contributed by atoms with van der Waals surface area (Å²) < 4.78 is 0. The van der Waals surface area contributed by atoms with Crippen LogP contribution in [-0.2, 0) is 9.59 Å². The van der Waals surface area contributed by atoms with Crippen molar-refractivity contribution in [1.82, 2.24) is 10.2 Å².